The van der Waals surface area contributed by atoms with Crippen LogP contribution in [-0.4, -0.2) is 4.98 Å². The molecule has 1 aromatic heterocycles. The summed E-state index contributed by atoms with van der Waals surface area (Å²) in [6.07, 6.45) is 1.63. The molecule has 4 heteroatoms. The largest absolute Gasteiger partial charge is 0.353 e. The molecule has 0 saturated carbocycles. The van der Waals surface area contributed by atoms with Crippen LogP contribution in [0.4, 0.5) is 0 Å². The number of aromatic nitrogens is 1. The van der Waals surface area contributed by atoms with Crippen molar-refractivity contribution in [1.29, 1.82) is 0 Å². The van der Waals surface area contributed by atoms with E-state index < -0.39 is 0 Å². The van der Waals surface area contributed by atoms with E-state index in [0.717, 1.165) is 3.92 Å². The van der Waals surface area contributed by atoms with Gasteiger partial charge in [-0.3, -0.25) is 0 Å². The van der Waals surface area contributed by atoms with Gasteiger partial charge in [-0.1, -0.05) is 6.20 Å². The monoisotopic (exact) mass is 226 g/mol. The van der Waals surface area contributed by atoms with E-state index in [-0.39, 0.29) is 19.5 Å². The van der Waals surface area contributed by atoms with Crippen molar-refractivity contribution in [3.8, 4) is 0 Å². The fraction of sp³-hybridized carbons (Fsp3) is 0. The second kappa shape index (κ2) is 3.70. The summed E-state index contributed by atoms with van der Waals surface area (Å²) in [6.45, 7) is 0. The van der Waals surface area contributed by atoms with Crippen LogP contribution in [-0.2, 0) is 19.5 Å². The second-order valence-corrected chi connectivity index (χ2v) is 2.83. The smallest absolute Gasteiger partial charge is 0.00406 e. The van der Waals surface area contributed by atoms with Gasteiger partial charge in [0, 0.05) is 23.4 Å². The summed E-state index contributed by atoms with van der Waals surface area (Å²) in [5.74, 6) is 0. The Morgan fingerprint density at radius 2 is 2.57 bits per heavy atom. The summed E-state index contributed by atoms with van der Waals surface area (Å²) in [5, 5.41) is 2.81. The van der Waals surface area contributed by atoms with Crippen molar-refractivity contribution in [2.24, 2.45) is 0 Å². The third kappa shape index (κ3) is 2.52. The van der Waals surface area contributed by atoms with E-state index in [1.807, 2.05) is 0 Å². The van der Waals surface area contributed by atoms with Crippen molar-refractivity contribution < 1.29 is 19.5 Å². The number of thiazole rings is 1. The molecule has 1 rings (SSSR count). The van der Waals surface area contributed by atoms with Crippen LogP contribution >= 0.6 is 27.3 Å². The molecular weight excluding hydrogens is 227 g/mol. The maximum atomic E-state index is 3.80. The first-order valence-corrected chi connectivity index (χ1v) is 2.98. The molecule has 0 radical (unpaired) electrons. The second-order valence-electron chi connectivity index (χ2n) is 0.731. The molecule has 1 heterocycles. The van der Waals surface area contributed by atoms with Gasteiger partial charge in [-0.2, -0.15) is 5.38 Å². The molecule has 0 unspecified atom stereocenters. The van der Waals surface area contributed by atoms with Crippen molar-refractivity contribution in [2.45, 2.75) is 0 Å². The van der Waals surface area contributed by atoms with E-state index >= 15 is 0 Å². The van der Waals surface area contributed by atoms with Crippen molar-refractivity contribution in [3.63, 3.8) is 0 Å². The summed E-state index contributed by atoms with van der Waals surface area (Å²) in [5.41, 5.74) is 0. The molecule has 0 bridgehead atoms. The first-order chi connectivity index (χ1) is 2.89. The van der Waals surface area contributed by atoms with Gasteiger partial charge in [-0.05, 0) is 0 Å². The molecule has 7 heavy (non-hydrogen) atoms. The fourth-order valence-corrected chi connectivity index (χ4v) is 0.869. The average molecular weight is 228 g/mol. The van der Waals surface area contributed by atoms with Crippen LogP contribution in [0.5, 0.6) is 0 Å². The van der Waals surface area contributed by atoms with E-state index in [0.29, 0.717) is 0 Å². The molecule has 0 amide bonds. The first kappa shape index (κ1) is 7.73. The van der Waals surface area contributed by atoms with Gasteiger partial charge >= 0.3 is 0 Å². The summed E-state index contributed by atoms with van der Waals surface area (Å²) in [6, 6.07) is 0. The molecule has 1 aromatic rings. The number of hydrogen-bond acceptors (Lipinski definition) is 2. The van der Waals surface area contributed by atoms with Crippen molar-refractivity contribution in [2.75, 3.05) is 0 Å². The molecule has 0 aliphatic carbocycles. The Balaban J connectivity index is 0.000000360. The normalized spacial score (nSPS) is 7.57. The Labute approximate surface area is 67.0 Å². The van der Waals surface area contributed by atoms with Crippen LogP contribution in [0, 0.1) is 5.38 Å². The van der Waals surface area contributed by atoms with Crippen LogP contribution in [0.2, 0.25) is 0 Å². The van der Waals surface area contributed by atoms with Gasteiger partial charge in [0.05, 0.1) is 0 Å². The Bertz CT molecular complexity index is 118. The van der Waals surface area contributed by atoms with Crippen LogP contribution in [0.1, 0.15) is 0 Å². The minimum Gasteiger partial charge on any atom is -0.353 e. The van der Waals surface area contributed by atoms with Crippen LogP contribution in [0.25, 0.3) is 0 Å². The molecule has 0 fully saturated rings. The van der Waals surface area contributed by atoms with Crippen molar-refractivity contribution in [3.05, 3.63) is 15.5 Å². The maximum absolute atomic E-state index is 3.80. The van der Waals surface area contributed by atoms with E-state index in [2.05, 4.69) is 26.3 Å². The Kier molecular flexibility index (Phi) is 4.09. The standard InChI is InChI=1S/C3HBrNS.Zn/c4-3-5-1-2-6-3;/h1H;/q-1;. The zero-order valence-corrected chi connectivity index (χ0v) is 8.89. The van der Waals surface area contributed by atoms with Gasteiger partial charge in [0.1, 0.15) is 0 Å². The first-order valence-electron chi connectivity index (χ1n) is 1.37. The van der Waals surface area contributed by atoms with Crippen LogP contribution in [0.15, 0.2) is 10.1 Å². The fourth-order valence-electron chi connectivity index (χ4n) is 0.178. The zero-order valence-electron chi connectivity index (χ0n) is 3.52. The molecule has 1 nitrogen and oxygen atoms in total. The van der Waals surface area contributed by atoms with Gasteiger partial charge in [-0.25, -0.2) is 0 Å². The van der Waals surface area contributed by atoms with Gasteiger partial charge in [-0.15, -0.1) is 15.9 Å². The summed E-state index contributed by atoms with van der Waals surface area (Å²) in [4.78, 5) is 3.80. The number of hydrogen-bond donors (Lipinski definition) is 0. The molecule has 0 saturated heterocycles. The third-order valence-electron chi connectivity index (χ3n) is 0.362. The van der Waals surface area contributed by atoms with Gasteiger partial charge in [0.2, 0.25) is 0 Å². The summed E-state index contributed by atoms with van der Waals surface area (Å²) < 4.78 is 0.891. The molecule has 0 N–H and O–H groups in total. The Morgan fingerprint density at radius 3 is 2.71 bits per heavy atom. The molecule has 0 atom stereocenters. The third-order valence-corrected chi connectivity index (χ3v) is 1.55. The molecule has 0 aliphatic heterocycles. The average Bonchev–Trinajstić information content (AvgIpc) is 1.86. The SMILES string of the molecule is Brc1nc[c-]s1.[Zn]. The van der Waals surface area contributed by atoms with Crippen molar-refractivity contribution in [1.82, 2.24) is 4.98 Å². The topological polar surface area (TPSA) is 12.9 Å². The predicted octanol–water partition coefficient (Wildman–Crippen LogP) is 1.70. The molecule has 0 aliphatic rings. The number of nitrogens with zero attached hydrogens (tertiary/aromatic N) is 1. The number of rotatable bonds is 0. The summed E-state index contributed by atoms with van der Waals surface area (Å²) in [7, 11) is 0. The van der Waals surface area contributed by atoms with Crippen LogP contribution in [0.3, 0.4) is 0 Å². The molecule has 34 valence electrons. The molecular formula is C3HBrNSZn-. The maximum Gasteiger partial charge on any atom is 0.00406 e. The minimum absolute atomic E-state index is 0. The Morgan fingerprint density at radius 1 is 1.86 bits per heavy atom. The van der Waals surface area contributed by atoms with E-state index in [9.17, 15) is 0 Å². The minimum atomic E-state index is 0. The van der Waals surface area contributed by atoms with Gasteiger partial charge < -0.3 is 16.3 Å². The van der Waals surface area contributed by atoms with Gasteiger partial charge in [0.25, 0.3) is 0 Å². The van der Waals surface area contributed by atoms with Crippen LogP contribution < -0.4 is 0 Å². The zero-order chi connectivity index (χ0) is 4.41. The molecule has 0 spiro atoms. The number of halogens is 1. The van der Waals surface area contributed by atoms with E-state index in [1.54, 1.807) is 6.20 Å². The van der Waals surface area contributed by atoms with E-state index in [4.69, 9.17) is 0 Å². The quantitative estimate of drug-likeness (QED) is 0.486. The molecule has 0 aromatic carbocycles. The van der Waals surface area contributed by atoms with Gasteiger partial charge in [0.15, 0.2) is 0 Å². The Hall–Kier alpha value is 0.733. The predicted molar refractivity (Wildman–Crippen MR) is 28.6 cm³/mol. The van der Waals surface area contributed by atoms with E-state index in [1.165, 1.54) is 11.3 Å². The summed E-state index contributed by atoms with van der Waals surface area (Å²) >= 11 is 4.62. The van der Waals surface area contributed by atoms with Crippen molar-refractivity contribution >= 4 is 27.3 Å².